The Kier molecular flexibility index (Phi) is 4.10. The van der Waals surface area contributed by atoms with E-state index in [1.54, 1.807) is 25.1 Å². The predicted molar refractivity (Wildman–Crippen MR) is 92.0 cm³/mol. The molecule has 2 aliphatic rings. The van der Waals surface area contributed by atoms with Crippen LogP contribution in [-0.4, -0.2) is 36.0 Å². The van der Waals surface area contributed by atoms with Crippen molar-refractivity contribution in [3.63, 3.8) is 0 Å². The van der Waals surface area contributed by atoms with Gasteiger partial charge in [0.1, 0.15) is 17.1 Å². The van der Waals surface area contributed by atoms with E-state index in [1.807, 2.05) is 6.07 Å². The van der Waals surface area contributed by atoms with Crippen LogP contribution in [0.15, 0.2) is 41.0 Å². The third kappa shape index (κ3) is 2.64. The molecule has 1 N–H and O–H groups in total. The molecule has 0 saturated carbocycles. The average Bonchev–Trinajstić information content (AvgIpc) is 3.22. The van der Waals surface area contributed by atoms with Crippen LogP contribution in [0, 0.1) is 0 Å². The average molecular weight is 370 g/mol. The van der Waals surface area contributed by atoms with Gasteiger partial charge in [0.05, 0.1) is 26.0 Å². The lowest BCUT2D eigenvalue weighted by molar-refractivity contribution is -0.133. The Morgan fingerprint density at radius 1 is 1.30 bits per heavy atom. The molecule has 8 nitrogen and oxygen atoms in total. The molecule has 1 spiro atoms. The molecule has 0 unspecified atom stereocenters. The second kappa shape index (κ2) is 6.46. The number of fused-ring (bicyclic) bond motifs is 2. The summed E-state index contributed by atoms with van der Waals surface area (Å²) in [6.45, 7) is 2.07. The summed E-state index contributed by atoms with van der Waals surface area (Å²) in [6, 6.07) is 8.07. The van der Waals surface area contributed by atoms with Crippen molar-refractivity contribution < 1.29 is 28.3 Å². The van der Waals surface area contributed by atoms with Crippen LogP contribution in [0.2, 0.25) is 0 Å². The molecule has 1 aromatic heterocycles. The maximum Gasteiger partial charge on any atom is 0.341 e. The first kappa shape index (κ1) is 17.1. The Bertz CT molecular complexity index is 920. The number of urea groups is 1. The number of para-hydroxylation sites is 1. The number of carbonyl (C=O) groups is 3. The van der Waals surface area contributed by atoms with Gasteiger partial charge in [-0.3, -0.25) is 9.69 Å². The summed E-state index contributed by atoms with van der Waals surface area (Å²) >= 11 is 0. The normalized spacial score (nSPS) is 21.0. The standard InChI is InChI=1S/C19H18N2O6/c1-2-25-16(22)12-7-9-26-15(12)11-21-17(23)19(20-18(21)24)8-10-27-14-6-4-3-5-13(14)19/h3-7,9H,2,8,10-11H2,1H3,(H,20,24)/t19-/m1/s1. The molecule has 27 heavy (non-hydrogen) atoms. The molecule has 1 aromatic carbocycles. The largest absolute Gasteiger partial charge is 0.493 e. The maximum atomic E-state index is 13.2. The molecule has 1 fully saturated rings. The van der Waals surface area contributed by atoms with Gasteiger partial charge in [0, 0.05) is 12.0 Å². The molecule has 2 aliphatic heterocycles. The molecule has 3 heterocycles. The van der Waals surface area contributed by atoms with Crippen molar-refractivity contribution in [3.8, 4) is 5.75 Å². The summed E-state index contributed by atoms with van der Waals surface area (Å²) in [4.78, 5) is 38.9. The van der Waals surface area contributed by atoms with Gasteiger partial charge in [0.15, 0.2) is 5.54 Å². The fourth-order valence-corrected chi connectivity index (χ4v) is 3.51. The van der Waals surface area contributed by atoms with Gasteiger partial charge in [-0.05, 0) is 19.1 Å². The SMILES string of the molecule is CCOC(=O)c1ccoc1CN1C(=O)N[C@@]2(CCOc3ccccc32)C1=O. The smallest absolute Gasteiger partial charge is 0.341 e. The molecule has 8 heteroatoms. The van der Waals surface area contributed by atoms with Crippen LogP contribution >= 0.6 is 0 Å². The van der Waals surface area contributed by atoms with Crippen LogP contribution in [0.4, 0.5) is 4.79 Å². The van der Waals surface area contributed by atoms with E-state index in [-0.39, 0.29) is 24.5 Å². The molecule has 1 saturated heterocycles. The fourth-order valence-electron chi connectivity index (χ4n) is 3.51. The lowest BCUT2D eigenvalue weighted by Gasteiger charge is -2.33. The van der Waals surface area contributed by atoms with Gasteiger partial charge >= 0.3 is 12.0 Å². The summed E-state index contributed by atoms with van der Waals surface area (Å²) in [7, 11) is 0. The first-order chi connectivity index (χ1) is 13.1. The van der Waals surface area contributed by atoms with Gasteiger partial charge < -0.3 is 19.2 Å². The van der Waals surface area contributed by atoms with E-state index in [2.05, 4.69) is 5.32 Å². The van der Waals surface area contributed by atoms with Gasteiger partial charge in [0.2, 0.25) is 0 Å². The van der Waals surface area contributed by atoms with Crippen LogP contribution in [0.1, 0.15) is 35.0 Å². The minimum Gasteiger partial charge on any atom is -0.493 e. The Morgan fingerprint density at radius 3 is 2.93 bits per heavy atom. The summed E-state index contributed by atoms with van der Waals surface area (Å²) in [5.41, 5.74) is -0.337. The third-order valence-electron chi connectivity index (χ3n) is 4.80. The summed E-state index contributed by atoms with van der Waals surface area (Å²) < 4.78 is 15.9. The van der Waals surface area contributed by atoms with Gasteiger partial charge in [-0.1, -0.05) is 18.2 Å². The van der Waals surface area contributed by atoms with Crippen LogP contribution < -0.4 is 10.1 Å². The van der Waals surface area contributed by atoms with Gasteiger partial charge in [-0.15, -0.1) is 0 Å². The van der Waals surface area contributed by atoms with Crippen LogP contribution in [0.5, 0.6) is 5.75 Å². The number of imide groups is 1. The number of hydrogen-bond acceptors (Lipinski definition) is 6. The van der Waals surface area contributed by atoms with E-state index in [0.717, 1.165) is 4.90 Å². The number of benzene rings is 1. The lowest BCUT2D eigenvalue weighted by atomic mass is 9.84. The number of carbonyl (C=O) groups excluding carboxylic acids is 3. The highest BCUT2D eigenvalue weighted by Crippen LogP contribution is 2.41. The molecule has 140 valence electrons. The second-order valence-corrected chi connectivity index (χ2v) is 6.30. The third-order valence-corrected chi connectivity index (χ3v) is 4.80. The van der Waals surface area contributed by atoms with Crippen molar-refractivity contribution in [2.45, 2.75) is 25.4 Å². The van der Waals surface area contributed by atoms with Crippen molar-refractivity contribution >= 4 is 17.9 Å². The van der Waals surface area contributed by atoms with E-state index < -0.39 is 23.4 Å². The van der Waals surface area contributed by atoms with Crippen LogP contribution in [-0.2, 0) is 21.6 Å². The van der Waals surface area contributed by atoms with Gasteiger partial charge in [0.25, 0.3) is 5.91 Å². The van der Waals surface area contributed by atoms with E-state index in [9.17, 15) is 14.4 Å². The zero-order valence-electron chi connectivity index (χ0n) is 14.7. The molecule has 4 rings (SSSR count). The van der Waals surface area contributed by atoms with Crippen molar-refractivity contribution in [3.05, 3.63) is 53.5 Å². The first-order valence-electron chi connectivity index (χ1n) is 8.66. The fraction of sp³-hybridized carbons (Fsp3) is 0.316. The zero-order chi connectivity index (χ0) is 19.0. The van der Waals surface area contributed by atoms with Crippen LogP contribution in [0.25, 0.3) is 0 Å². The number of hydrogen-bond donors (Lipinski definition) is 1. The van der Waals surface area contributed by atoms with Crippen molar-refractivity contribution in [1.29, 1.82) is 0 Å². The predicted octanol–water partition coefficient (Wildman–Crippen LogP) is 2.19. The lowest BCUT2D eigenvalue weighted by Crippen LogP contribution is -2.47. The quantitative estimate of drug-likeness (QED) is 0.654. The molecule has 0 radical (unpaired) electrons. The minimum atomic E-state index is -1.16. The topological polar surface area (TPSA) is 98.1 Å². The Hall–Kier alpha value is -3.29. The highest BCUT2D eigenvalue weighted by molar-refractivity contribution is 6.08. The first-order valence-corrected chi connectivity index (χ1v) is 8.66. The van der Waals surface area contributed by atoms with Crippen molar-refractivity contribution in [2.75, 3.05) is 13.2 Å². The summed E-state index contributed by atoms with van der Waals surface area (Å²) in [5.74, 6) is -0.173. The molecule has 1 atom stereocenters. The van der Waals surface area contributed by atoms with Gasteiger partial charge in [-0.2, -0.15) is 0 Å². The molecule has 0 bridgehead atoms. The number of amides is 3. The number of nitrogens with one attached hydrogen (secondary N) is 1. The second-order valence-electron chi connectivity index (χ2n) is 6.30. The van der Waals surface area contributed by atoms with Crippen molar-refractivity contribution in [1.82, 2.24) is 10.2 Å². The van der Waals surface area contributed by atoms with E-state index in [1.165, 1.54) is 12.3 Å². The molecule has 0 aliphatic carbocycles. The van der Waals surface area contributed by atoms with Gasteiger partial charge in [-0.25, -0.2) is 9.59 Å². The Balaban J connectivity index is 1.65. The number of nitrogens with zero attached hydrogens (tertiary/aromatic N) is 1. The molecular formula is C19H18N2O6. The van der Waals surface area contributed by atoms with Crippen LogP contribution in [0.3, 0.4) is 0 Å². The maximum absolute atomic E-state index is 13.2. The highest BCUT2D eigenvalue weighted by Gasteiger charge is 2.55. The Morgan fingerprint density at radius 2 is 2.11 bits per heavy atom. The van der Waals surface area contributed by atoms with E-state index >= 15 is 0 Å². The van der Waals surface area contributed by atoms with E-state index in [0.29, 0.717) is 24.3 Å². The zero-order valence-corrected chi connectivity index (χ0v) is 14.7. The summed E-state index contributed by atoms with van der Waals surface area (Å²) in [5, 5.41) is 2.81. The summed E-state index contributed by atoms with van der Waals surface area (Å²) in [6.07, 6.45) is 1.66. The highest BCUT2D eigenvalue weighted by atomic mass is 16.5. The Labute approximate surface area is 155 Å². The van der Waals surface area contributed by atoms with Crippen molar-refractivity contribution in [2.24, 2.45) is 0 Å². The molecule has 2 aromatic rings. The number of furan rings is 1. The minimum absolute atomic E-state index is 0.156. The molecular weight excluding hydrogens is 352 g/mol. The monoisotopic (exact) mass is 370 g/mol. The number of esters is 1. The number of ether oxygens (including phenoxy) is 2. The molecule has 3 amide bonds. The van der Waals surface area contributed by atoms with E-state index in [4.69, 9.17) is 13.9 Å². The number of rotatable bonds is 4.